The summed E-state index contributed by atoms with van der Waals surface area (Å²) in [5, 5.41) is 4.27. The predicted octanol–water partition coefficient (Wildman–Crippen LogP) is 5.09. The van der Waals surface area contributed by atoms with Crippen LogP contribution in [0.25, 0.3) is 0 Å². The third kappa shape index (κ3) is 5.25. The van der Waals surface area contributed by atoms with Crippen molar-refractivity contribution in [2.24, 2.45) is 5.10 Å². The van der Waals surface area contributed by atoms with Crippen molar-refractivity contribution in [3.8, 4) is 11.5 Å². The molecule has 30 heavy (non-hydrogen) atoms. The molecule has 1 amide bonds. The van der Waals surface area contributed by atoms with Gasteiger partial charge in [-0.25, -0.2) is 10.2 Å². The van der Waals surface area contributed by atoms with Gasteiger partial charge in [-0.3, -0.25) is 4.79 Å². The largest absolute Gasteiger partial charge is 0.496 e. The van der Waals surface area contributed by atoms with Gasteiger partial charge in [-0.1, -0.05) is 51.8 Å². The maximum absolute atomic E-state index is 12.5. The highest BCUT2D eigenvalue weighted by atomic mass is 79.9. The summed E-state index contributed by atoms with van der Waals surface area (Å²) in [6, 6.07) is 18.4. The van der Waals surface area contributed by atoms with E-state index in [1.807, 2.05) is 0 Å². The molecule has 1 N–H and O–H groups in total. The second-order valence-corrected chi connectivity index (χ2v) is 7.27. The molecule has 0 saturated carbocycles. The number of hydrogen-bond donors (Lipinski definition) is 1. The van der Waals surface area contributed by atoms with E-state index in [9.17, 15) is 9.59 Å². The van der Waals surface area contributed by atoms with Gasteiger partial charge in [0.2, 0.25) is 0 Å². The Labute approximate surface area is 186 Å². The van der Waals surface area contributed by atoms with Gasteiger partial charge < -0.3 is 9.47 Å². The zero-order chi connectivity index (χ0) is 21.5. The molecule has 6 nitrogen and oxygen atoms in total. The molecular weight excluding hydrogens is 472 g/mol. The first-order valence-electron chi connectivity index (χ1n) is 8.72. The lowest BCUT2D eigenvalue weighted by molar-refractivity contribution is 0.0734. The molecule has 0 aliphatic heterocycles. The van der Waals surface area contributed by atoms with Gasteiger partial charge in [-0.15, -0.1) is 0 Å². The first-order valence-corrected chi connectivity index (χ1v) is 9.89. The van der Waals surface area contributed by atoms with Crippen molar-refractivity contribution < 1.29 is 19.1 Å². The van der Waals surface area contributed by atoms with E-state index in [2.05, 4.69) is 26.5 Å². The molecule has 3 rings (SSSR count). The van der Waals surface area contributed by atoms with Gasteiger partial charge in [0, 0.05) is 10.0 Å². The smallest absolute Gasteiger partial charge is 0.345 e. The Balaban J connectivity index is 1.77. The summed E-state index contributed by atoms with van der Waals surface area (Å²) >= 11 is 9.43. The molecule has 8 heteroatoms. The van der Waals surface area contributed by atoms with Gasteiger partial charge >= 0.3 is 5.97 Å². The molecule has 0 heterocycles. The van der Waals surface area contributed by atoms with E-state index >= 15 is 0 Å². The van der Waals surface area contributed by atoms with E-state index in [-0.39, 0.29) is 11.3 Å². The van der Waals surface area contributed by atoms with E-state index in [4.69, 9.17) is 21.1 Å². The first kappa shape index (κ1) is 21.5. The molecule has 0 unspecified atom stereocenters. The maximum Gasteiger partial charge on any atom is 0.345 e. The number of halogens is 2. The molecular formula is C22H16BrClN2O4. The summed E-state index contributed by atoms with van der Waals surface area (Å²) in [4.78, 5) is 24.8. The summed E-state index contributed by atoms with van der Waals surface area (Å²) < 4.78 is 11.4. The van der Waals surface area contributed by atoms with Gasteiger partial charge in [0.1, 0.15) is 11.5 Å². The Morgan fingerprint density at radius 1 is 1.00 bits per heavy atom. The number of carbonyl (C=O) groups excluding carboxylic acids is 2. The normalized spacial score (nSPS) is 10.6. The van der Waals surface area contributed by atoms with E-state index < -0.39 is 11.9 Å². The van der Waals surface area contributed by atoms with Crippen LogP contribution in [0.2, 0.25) is 5.02 Å². The van der Waals surface area contributed by atoms with Gasteiger partial charge in [-0.2, -0.15) is 5.10 Å². The van der Waals surface area contributed by atoms with Crippen LogP contribution in [0.1, 0.15) is 26.3 Å². The van der Waals surface area contributed by atoms with Crippen LogP contribution in [-0.4, -0.2) is 25.2 Å². The molecule has 0 atom stereocenters. The molecule has 152 valence electrons. The van der Waals surface area contributed by atoms with Gasteiger partial charge in [-0.05, 0) is 42.5 Å². The fourth-order valence-electron chi connectivity index (χ4n) is 2.55. The third-order valence-electron chi connectivity index (χ3n) is 3.99. The summed E-state index contributed by atoms with van der Waals surface area (Å²) in [5.41, 5.74) is 3.50. The zero-order valence-electron chi connectivity index (χ0n) is 15.8. The van der Waals surface area contributed by atoms with Crippen LogP contribution in [0, 0.1) is 0 Å². The Morgan fingerprint density at radius 2 is 1.70 bits per heavy atom. The fourth-order valence-corrected chi connectivity index (χ4v) is 3.14. The predicted molar refractivity (Wildman–Crippen MR) is 119 cm³/mol. The number of carbonyl (C=O) groups is 2. The number of benzene rings is 3. The molecule has 0 aromatic heterocycles. The van der Waals surface area contributed by atoms with Crippen molar-refractivity contribution in [1.29, 1.82) is 0 Å². The van der Waals surface area contributed by atoms with Crippen LogP contribution in [0.5, 0.6) is 11.5 Å². The molecule has 0 radical (unpaired) electrons. The van der Waals surface area contributed by atoms with E-state index in [0.717, 1.165) is 4.47 Å². The number of rotatable bonds is 6. The summed E-state index contributed by atoms with van der Waals surface area (Å²) in [6.07, 6.45) is 1.38. The first-order chi connectivity index (χ1) is 14.5. The zero-order valence-corrected chi connectivity index (χ0v) is 18.1. The van der Waals surface area contributed by atoms with Gasteiger partial charge in [0.05, 0.1) is 29.5 Å². The Hall–Kier alpha value is -3.16. The molecule has 3 aromatic carbocycles. The summed E-state index contributed by atoms with van der Waals surface area (Å²) in [5.74, 6) is -0.343. The minimum atomic E-state index is -0.601. The number of hydrogen-bond acceptors (Lipinski definition) is 5. The van der Waals surface area contributed by atoms with E-state index in [1.54, 1.807) is 66.7 Å². The Morgan fingerprint density at radius 3 is 2.43 bits per heavy atom. The number of amides is 1. The van der Waals surface area contributed by atoms with Crippen molar-refractivity contribution in [2.75, 3.05) is 7.11 Å². The van der Waals surface area contributed by atoms with Crippen LogP contribution in [0.3, 0.4) is 0 Å². The monoisotopic (exact) mass is 486 g/mol. The highest BCUT2D eigenvalue weighted by Crippen LogP contribution is 2.24. The van der Waals surface area contributed by atoms with Crippen molar-refractivity contribution in [2.45, 2.75) is 0 Å². The number of nitrogens with one attached hydrogen (secondary N) is 1. The number of hydrazone groups is 1. The lowest BCUT2D eigenvalue weighted by Gasteiger charge is -2.09. The number of esters is 1. The van der Waals surface area contributed by atoms with Crippen molar-refractivity contribution in [3.05, 3.63) is 92.9 Å². The quantitative estimate of drug-likeness (QED) is 0.227. The minimum absolute atomic E-state index is 0.245. The van der Waals surface area contributed by atoms with E-state index in [0.29, 0.717) is 21.9 Å². The molecule has 0 saturated heterocycles. The van der Waals surface area contributed by atoms with Crippen LogP contribution < -0.4 is 14.9 Å². The van der Waals surface area contributed by atoms with Gasteiger partial charge in [0.25, 0.3) is 5.91 Å². The second kappa shape index (κ2) is 10.0. The molecule has 0 aliphatic carbocycles. The second-order valence-electron chi connectivity index (χ2n) is 5.95. The van der Waals surface area contributed by atoms with Gasteiger partial charge in [0.15, 0.2) is 0 Å². The Kier molecular flexibility index (Phi) is 7.21. The molecule has 0 aliphatic rings. The van der Waals surface area contributed by atoms with Crippen LogP contribution in [0.15, 0.2) is 76.3 Å². The maximum atomic E-state index is 12.5. The standard InChI is InChI=1S/C22H16BrClN2O4/c1-29-20-9-5-3-7-17(20)21(27)26-25-13-14-12-15(23)10-11-19(14)30-22(28)16-6-2-4-8-18(16)24/h2-13H,1H3,(H,26,27)/b25-13+. The molecule has 0 spiro atoms. The molecule has 0 fully saturated rings. The topological polar surface area (TPSA) is 77.0 Å². The Bertz CT molecular complexity index is 1120. The summed E-state index contributed by atoms with van der Waals surface area (Å²) in [7, 11) is 1.48. The average Bonchev–Trinajstić information content (AvgIpc) is 2.75. The fraction of sp³-hybridized carbons (Fsp3) is 0.0455. The lowest BCUT2D eigenvalue weighted by Crippen LogP contribution is -2.18. The van der Waals surface area contributed by atoms with Crippen LogP contribution >= 0.6 is 27.5 Å². The van der Waals surface area contributed by atoms with Crippen molar-refractivity contribution in [3.63, 3.8) is 0 Å². The number of methoxy groups -OCH3 is 1. The number of ether oxygens (including phenoxy) is 2. The van der Waals surface area contributed by atoms with Crippen molar-refractivity contribution in [1.82, 2.24) is 5.43 Å². The van der Waals surface area contributed by atoms with E-state index in [1.165, 1.54) is 13.3 Å². The number of para-hydroxylation sites is 1. The summed E-state index contributed by atoms with van der Waals surface area (Å²) in [6.45, 7) is 0. The van der Waals surface area contributed by atoms with Crippen LogP contribution in [0.4, 0.5) is 0 Å². The average molecular weight is 488 g/mol. The number of nitrogens with zero attached hydrogens (tertiary/aromatic N) is 1. The molecule has 0 bridgehead atoms. The van der Waals surface area contributed by atoms with Crippen LogP contribution in [-0.2, 0) is 0 Å². The lowest BCUT2D eigenvalue weighted by atomic mass is 10.2. The highest BCUT2D eigenvalue weighted by molar-refractivity contribution is 9.10. The highest BCUT2D eigenvalue weighted by Gasteiger charge is 2.15. The van der Waals surface area contributed by atoms with Crippen molar-refractivity contribution >= 4 is 45.6 Å². The SMILES string of the molecule is COc1ccccc1C(=O)N/N=C/c1cc(Br)ccc1OC(=O)c1ccccc1Cl. The third-order valence-corrected chi connectivity index (χ3v) is 4.81. The minimum Gasteiger partial charge on any atom is -0.496 e. The molecule has 3 aromatic rings.